The highest BCUT2D eigenvalue weighted by Crippen LogP contribution is 2.30. The molecule has 0 saturated heterocycles. The number of amides is 1. The maximum Gasteiger partial charge on any atom is 0.416 e. The van der Waals surface area contributed by atoms with Gasteiger partial charge in [-0.05, 0) is 43.7 Å². The number of carbonyl (C=O) groups excluding carboxylic acids is 1. The Morgan fingerprint density at radius 3 is 2.72 bits per heavy atom. The highest BCUT2D eigenvalue weighted by molar-refractivity contribution is 7.99. The van der Waals surface area contributed by atoms with E-state index in [1.165, 1.54) is 16.7 Å². The van der Waals surface area contributed by atoms with Crippen molar-refractivity contribution in [2.45, 2.75) is 31.2 Å². The summed E-state index contributed by atoms with van der Waals surface area (Å²) < 4.78 is 45.4. The molecule has 170 valence electrons. The third kappa shape index (κ3) is 6.10. The van der Waals surface area contributed by atoms with Crippen molar-refractivity contribution in [3.63, 3.8) is 0 Å². The molecular weight excluding hydrogens is 443 g/mol. The molecule has 0 aliphatic rings. The Balaban J connectivity index is 1.76. The summed E-state index contributed by atoms with van der Waals surface area (Å²) in [5.74, 6) is -0.621. The number of hydrogen-bond donors (Lipinski definition) is 1. The number of nitrogens with one attached hydrogen (secondary N) is 1. The van der Waals surface area contributed by atoms with Gasteiger partial charge < -0.3 is 10.1 Å². The minimum atomic E-state index is -4.50. The summed E-state index contributed by atoms with van der Waals surface area (Å²) in [5, 5.41) is 3.30. The van der Waals surface area contributed by atoms with Crippen LogP contribution in [0, 0.1) is 0 Å². The second kappa shape index (κ2) is 10.6. The van der Waals surface area contributed by atoms with Crippen molar-refractivity contribution in [3.8, 4) is 0 Å². The number of carbonyl (C=O) groups is 1. The van der Waals surface area contributed by atoms with Crippen LogP contribution in [0.1, 0.15) is 18.9 Å². The molecule has 0 atom stereocenters. The first kappa shape index (κ1) is 23.8. The van der Waals surface area contributed by atoms with E-state index in [1.54, 1.807) is 24.3 Å². The summed E-state index contributed by atoms with van der Waals surface area (Å²) in [5.41, 5.74) is -0.500. The third-order valence-corrected chi connectivity index (χ3v) is 5.48. The molecule has 10 heteroatoms. The zero-order valence-electron chi connectivity index (χ0n) is 17.3. The van der Waals surface area contributed by atoms with Gasteiger partial charge in [-0.3, -0.25) is 14.2 Å². The van der Waals surface area contributed by atoms with Gasteiger partial charge in [0.05, 0.1) is 22.2 Å². The number of para-hydroxylation sites is 1. The smallest absolute Gasteiger partial charge is 0.382 e. The van der Waals surface area contributed by atoms with Crippen LogP contribution in [0.15, 0.2) is 58.5 Å². The van der Waals surface area contributed by atoms with Crippen LogP contribution in [0.2, 0.25) is 0 Å². The van der Waals surface area contributed by atoms with Gasteiger partial charge in [0.15, 0.2) is 5.16 Å². The second-order valence-electron chi connectivity index (χ2n) is 6.83. The quantitative estimate of drug-likeness (QED) is 0.285. The summed E-state index contributed by atoms with van der Waals surface area (Å²) in [7, 11) is 0. The van der Waals surface area contributed by atoms with Crippen LogP contribution in [0.5, 0.6) is 0 Å². The fourth-order valence-corrected chi connectivity index (χ4v) is 3.85. The standard InChI is InChI=1S/C22H22F3N3O3S/c1-2-31-12-6-11-28-20(30)17-9-3-4-10-18(17)27-21(28)32-14-19(29)26-16-8-5-7-15(13-16)22(23,24)25/h3-5,7-10,13H,2,6,11-12,14H2,1H3,(H,26,29). The predicted octanol–water partition coefficient (Wildman–Crippen LogP) is 4.57. The van der Waals surface area contributed by atoms with Crippen LogP contribution in [0.25, 0.3) is 10.9 Å². The molecule has 0 spiro atoms. The van der Waals surface area contributed by atoms with E-state index >= 15 is 0 Å². The average Bonchev–Trinajstić information content (AvgIpc) is 2.76. The fraction of sp³-hybridized carbons (Fsp3) is 0.318. The molecule has 0 aliphatic heterocycles. The number of thioether (sulfide) groups is 1. The number of alkyl halides is 3. The van der Waals surface area contributed by atoms with Gasteiger partial charge in [-0.1, -0.05) is 30.0 Å². The molecule has 0 unspecified atom stereocenters. The van der Waals surface area contributed by atoms with E-state index in [0.717, 1.165) is 23.9 Å². The average molecular weight is 465 g/mol. The Morgan fingerprint density at radius 2 is 1.97 bits per heavy atom. The molecule has 3 rings (SSSR count). The summed E-state index contributed by atoms with van der Waals surface area (Å²) in [6.45, 7) is 3.31. The molecule has 1 aromatic heterocycles. The Labute approximate surface area is 186 Å². The highest BCUT2D eigenvalue weighted by Gasteiger charge is 2.30. The van der Waals surface area contributed by atoms with Crippen molar-refractivity contribution >= 4 is 34.3 Å². The van der Waals surface area contributed by atoms with Crippen molar-refractivity contribution in [2.24, 2.45) is 0 Å². The minimum Gasteiger partial charge on any atom is -0.382 e. The topological polar surface area (TPSA) is 73.2 Å². The molecule has 1 heterocycles. The number of nitrogens with zero attached hydrogens (tertiary/aromatic N) is 2. The van der Waals surface area contributed by atoms with Crippen LogP contribution < -0.4 is 10.9 Å². The van der Waals surface area contributed by atoms with E-state index in [9.17, 15) is 22.8 Å². The lowest BCUT2D eigenvalue weighted by molar-refractivity contribution is -0.137. The first-order valence-electron chi connectivity index (χ1n) is 9.97. The Bertz CT molecular complexity index is 1150. The molecule has 32 heavy (non-hydrogen) atoms. The highest BCUT2D eigenvalue weighted by atomic mass is 32.2. The van der Waals surface area contributed by atoms with E-state index in [2.05, 4.69) is 10.3 Å². The maximum atomic E-state index is 12.9. The molecule has 2 aromatic carbocycles. The number of rotatable bonds is 9. The van der Waals surface area contributed by atoms with Gasteiger partial charge in [0.1, 0.15) is 0 Å². The normalized spacial score (nSPS) is 11.6. The largest absolute Gasteiger partial charge is 0.416 e. The zero-order valence-corrected chi connectivity index (χ0v) is 18.1. The van der Waals surface area contributed by atoms with Gasteiger partial charge >= 0.3 is 6.18 Å². The molecule has 0 bridgehead atoms. The molecule has 0 saturated carbocycles. The molecule has 0 radical (unpaired) electrons. The van der Waals surface area contributed by atoms with Crippen LogP contribution in [0.3, 0.4) is 0 Å². The monoisotopic (exact) mass is 465 g/mol. The SMILES string of the molecule is CCOCCCn1c(SCC(=O)Nc2cccc(C(F)(F)F)c2)nc2ccccc2c1=O. The van der Waals surface area contributed by atoms with Crippen LogP contribution in [-0.4, -0.2) is 34.4 Å². The number of fused-ring (bicyclic) bond motifs is 1. The first-order valence-corrected chi connectivity index (χ1v) is 11.0. The number of anilines is 1. The van der Waals surface area contributed by atoms with Gasteiger partial charge in [0.2, 0.25) is 5.91 Å². The first-order chi connectivity index (χ1) is 15.3. The van der Waals surface area contributed by atoms with E-state index in [4.69, 9.17) is 4.74 Å². The van der Waals surface area contributed by atoms with Crippen molar-refractivity contribution < 1.29 is 22.7 Å². The zero-order chi connectivity index (χ0) is 23.1. The van der Waals surface area contributed by atoms with Gasteiger partial charge in [-0.2, -0.15) is 13.2 Å². The van der Waals surface area contributed by atoms with Crippen LogP contribution in [0.4, 0.5) is 18.9 Å². The summed E-state index contributed by atoms with van der Waals surface area (Å²) in [6.07, 6.45) is -3.90. The van der Waals surface area contributed by atoms with E-state index in [0.29, 0.717) is 42.2 Å². The predicted molar refractivity (Wildman–Crippen MR) is 118 cm³/mol. The maximum absolute atomic E-state index is 12.9. The van der Waals surface area contributed by atoms with Crippen molar-refractivity contribution in [1.82, 2.24) is 9.55 Å². The van der Waals surface area contributed by atoms with E-state index in [1.807, 2.05) is 6.92 Å². The van der Waals surface area contributed by atoms with Gasteiger partial charge in [0.25, 0.3) is 5.56 Å². The van der Waals surface area contributed by atoms with Crippen LogP contribution in [-0.2, 0) is 22.3 Å². The van der Waals surface area contributed by atoms with Crippen molar-refractivity contribution in [3.05, 3.63) is 64.4 Å². The molecule has 1 amide bonds. The lowest BCUT2D eigenvalue weighted by Crippen LogP contribution is -2.25. The number of hydrogen-bond acceptors (Lipinski definition) is 5. The van der Waals surface area contributed by atoms with Gasteiger partial charge in [-0.25, -0.2) is 4.98 Å². The van der Waals surface area contributed by atoms with E-state index < -0.39 is 17.6 Å². The van der Waals surface area contributed by atoms with Gasteiger partial charge in [0, 0.05) is 25.4 Å². The second-order valence-corrected chi connectivity index (χ2v) is 7.78. The van der Waals surface area contributed by atoms with Crippen LogP contribution >= 0.6 is 11.8 Å². The Hall–Kier alpha value is -2.85. The van der Waals surface area contributed by atoms with E-state index in [-0.39, 0.29) is 17.0 Å². The number of benzene rings is 2. The lowest BCUT2D eigenvalue weighted by Gasteiger charge is -2.13. The Kier molecular flexibility index (Phi) is 7.92. The third-order valence-electron chi connectivity index (χ3n) is 4.51. The number of halogens is 3. The molecule has 6 nitrogen and oxygen atoms in total. The number of aromatic nitrogens is 2. The Morgan fingerprint density at radius 1 is 1.19 bits per heavy atom. The summed E-state index contributed by atoms with van der Waals surface area (Å²) >= 11 is 1.05. The van der Waals surface area contributed by atoms with Gasteiger partial charge in [-0.15, -0.1) is 0 Å². The lowest BCUT2D eigenvalue weighted by atomic mass is 10.2. The molecular formula is C22H22F3N3O3S. The molecule has 0 aliphatic carbocycles. The summed E-state index contributed by atoms with van der Waals surface area (Å²) in [6, 6.07) is 11.4. The van der Waals surface area contributed by atoms with Crippen molar-refractivity contribution in [1.29, 1.82) is 0 Å². The minimum absolute atomic E-state index is 0.0472. The molecule has 3 aromatic rings. The van der Waals surface area contributed by atoms with Crippen molar-refractivity contribution in [2.75, 3.05) is 24.3 Å². The number of ether oxygens (including phenoxy) is 1. The summed E-state index contributed by atoms with van der Waals surface area (Å²) in [4.78, 5) is 29.8. The fourth-order valence-electron chi connectivity index (χ4n) is 3.02. The molecule has 0 fully saturated rings. The molecule has 1 N–H and O–H groups in total.